The summed E-state index contributed by atoms with van der Waals surface area (Å²) in [4.78, 5) is 17.0. The zero-order valence-electron chi connectivity index (χ0n) is 15.1. The Labute approximate surface area is 162 Å². The first-order valence-electron chi connectivity index (χ1n) is 8.92. The average Bonchev–Trinajstić information content (AvgIpc) is 3.10. The zero-order chi connectivity index (χ0) is 18.8. The molecule has 1 amide bonds. The summed E-state index contributed by atoms with van der Waals surface area (Å²) in [5.41, 5.74) is 2.64. The van der Waals surface area contributed by atoms with E-state index in [1.165, 1.54) is 0 Å². The summed E-state index contributed by atoms with van der Waals surface area (Å²) < 4.78 is 7.20. The minimum atomic E-state index is -0.0401. The number of hydrogen-bond acceptors (Lipinski definition) is 4. The molecular formula is C20H21ClN4O2. The molecule has 0 bridgehead atoms. The molecule has 0 atom stereocenters. The lowest BCUT2D eigenvalue weighted by molar-refractivity contribution is 0.0624. The van der Waals surface area contributed by atoms with Gasteiger partial charge in [-0.1, -0.05) is 17.7 Å². The van der Waals surface area contributed by atoms with Gasteiger partial charge in [0.1, 0.15) is 5.75 Å². The topological polar surface area (TPSA) is 50.1 Å². The predicted octanol–water partition coefficient (Wildman–Crippen LogP) is 2.95. The van der Waals surface area contributed by atoms with Gasteiger partial charge in [-0.2, -0.15) is 5.10 Å². The molecule has 27 heavy (non-hydrogen) atoms. The largest absolute Gasteiger partial charge is 0.496 e. The Morgan fingerprint density at radius 1 is 1.15 bits per heavy atom. The van der Waals surface area contributed by atoms with Gasteiger partial charge in [0.15, 0.2) is 0 Å². The highest BCUT2D eigenvalue weighted by molar-refractivity contribution is 6.31. The molecule has 0 unspecified atom stereocenters. The Balaban J connectivity index is 1.40. The van der Waals surface area contributed by atoms with Crippen LogP contribution in [-0.4, -0.2) is 58.6 Å². The highest BCUT2D eigenvalue weighted by Crippen LogP contribution is 2.24. The number of benzene rings is 1. The molecule has 3 heterocycles. The van der Waals surface area contributed by atoms with E-state index in [9.17, 15) is 4.79 Å². The number of aromatic nitrogens is 2. The molecular weight excluding hydrogens is 364 g/mol. The fourth-order valence-corrected chi connectivity index (χ4v) is 3.60. The fraction of sp³-hybridized carbons (Fsp3) is 0.300. The van der Waals surface area contributed by atoms with Gasteiger partial charge >= 0.3 is 0 Å². The number of piperazine rings is 1. The number of nitrogens with zero attached hydrogens (tertiary/aromatic N) is 4. The zero-order valence-corrected chi connectivity index (χ0v) is 15.9. The van der Waals surface area contributed by atoms with Gasteiger partial charge in [-0.05, 0) is 36.4 Å². The molecule has 0 N–H and O–H groups in total. The molecule has 0 aliphatic carbocycles. The third kappa shape index (κ3) is 3.77. The van der Waals surface area contributed by atoms with Gasteiger partial charge in [0.2, 0.25) is 0 Å². The first kappa shape index (κ1) is 17.8. The summed E-state index contributed by atoms with van der Waals surface area (Å²) in [6.07, 6.45) is 1.95. The maximum absolute atomic E-state index is 12.9. The molecule has 6 nitrogen and oxygen atoms in total. The molecule has 4 rings (SSSR count). The highest BCUT2D eigenvalue weighted by Gasteiger charge is 2.25. The summed E-state index contributed by atoms with van der Waals surface area (Å²) >= 11 is 6.06. The molecule has 1 aliphatic rings. The van der Waals surface area contributed by atoms with Crippen LogP contribution in [0.3, 0.4) is 0 Å². The van der Waals surface area contributed by atoms with Crippen molar-refractivity contribution in [3.8, 4) is 5.75 Å². The first-order valence-corrected chi connectivity index (χ1v) is 9.30. The molecule has 2 aromatic heterocycles. The second-order valence-electron chi connectivity index (χ2n) is 6.62. The van der Waals surface area contributed by atoms with E-state index in [1.54, 1.807) is 25.3 Å². The van der Waals surface area contributed by atoms with Crippen molar-refractivity contribution < 1.29 is 9.53 Å². The minimum absolute atomic E-state index is 0.0401. The third-order valence-corrected chi connectivity index (χ3v) is 5.09. The van der Waals surface area contributed by atoms with Crippen LogP contribution in [0.25, 0.3) is 5.52 Å². The minimum Gasteiger partial charge on any atom is -0.496 e. The van der Waals surface area contributed by atoms with Gasteiger partial charge < -0.3 is 9.64 Å². The summed E-state index contributed by atoms with van der Waals surface area (Å²) in [5, 5.41) is 5.14. The van der Waals surface area contributed by atoms with Crippen LogP contribution in [0.5, 0.6) is 5.75 Å². The van der Waals surface area contributed by atoms with E-state index >= 15 is 0 Å². The van der Waals surface area contributed by atoms with Gasteiger partial charge in [-0.15, -0.1) is 0 Å². The number of hydrogen-bond donors (Lipinski definition) is 0. The molecule has 1 saturated heterocycles. The molecule has 3 aromatic rings. The number of halogens is 1. The maximum Gasteiger partial charge on any atom is 0.257 e. The van der Waals surface area contributed by atoms with E-state index < -0.39 is 0 Å². The number of methoxy groups -OCH3 is 1. The maximum atomic E-state index is 12.9. The van der Waals surface area contributed by atoms with Crippen LogP contribution in [0.15, 0.2) is 48.7 Å². The molecule has 1 aliphatic heterocycles. The van der Waals surface area contributed by atoms with Gasteiger partial charge in [0.25, 0.3) is 5.91 Å². The van der Waals surface area contributed by atoms with Crippen molar-refractivity contribution in [2.45, 2.75) is 6.54 Å². The van der Waals surface area contributed by atoms with Crippen LogP contribution in [0.4, 0.5) is 0 Å². The summed E-state index contributed by atoms with van der Waals surface area (Å²) in [6.45, 7) is 3.74. The lowest BCUT2D eigenvalue weighted by atomic mass is 10.1. The number of carbonyl (C=O) groups is 1. The van der Waals surface area contributed by atoms with Crippen molar-refractivity contribution in [3.05, 3.63) is 64.9 Å². The van der Waals surface area contributed by atoms with Gasteiger partial charge in [-0.25, -0.2) is 4.52 Å². The molecule has 1 aromatic carbocycles. The average molecular weight is 385 g/mol. The SMILES string of the molecule is COc1ccc(Cl)cc1C(=O)N1CCN(Cc2cc3ccccn3n2)CC1. The van der Waals surface area contributed by atoms with Gasteiger partial charge in [-0.3, -0.25) is 9.69 Å². The molecule has 0 spiro atoms. The quantitative estimate of drug-likeness (QED) is 0.694. The number of amides is 1. The van der Waals surface area contributed by atoms with Crippen molar-refractivity contribution in [2.75, 3.05) is 33.3 Å². The standard InChI is InChI=1S/C20H21ClN4O2/c1-27-19-6-5-15(21)12-18(19)20(26)24-10-8-23(9-11-24)14-16-13-17-4-2-3-7-25(17)22-16/h2-7,12-13H,8-11,14H2,1H3. The Hall–Kier alpha value is -2.57. The van der Waals surface area contributed by atoms with E-state index in [4.69, 9.17) is 16.3 Å². The third-order valence-electron chi connectivity index (χ3n) is 4.86. The second kappa shape index (κ2) is 7.58. The smallest absolute Gasteiger partial charge is 0.257 e. The van der Waals surface area contributed by atoms with Crippen LogP contribution in [0, 0.1) is 0 Å². The van der Waals surface area contributed by atoms with Crippen molar-refractivity contribution in [1.29, 1.82) is 0 Å². The molecule has 7 heteroatoms. The van der Waals surface area contributed by atoms with E-state index in [1.807, 2.05) is 33.8 Å². The fourth-order valence-electron chi connectivity index (χ4n) is 3.42. The lowest BCUT2D eigenvalue weighted by Gasteiger charge is -2.34. The van der Waals surface area contributed by atoms with Gasteiger partial charge in [0.05, 0.1) is 23.9 Å². The number of carbonyl (C=O) groups excluding carboxylic acids is 1. The van der Waals surface area contributed by atoms with Crippen LogP contribution in [0.1, 0.15) is 16.1 Å². The molecule has 0 saturated carbocycles. The Bertz CT molecular complexity index is 931. The van der Waals surface area contributed by atoms with Crippen molar-refractivity contribution >= 4 is 23.0 Å². The first-order chi connectivity index (χ1) is 13.1. The molecule has 0 radical (unpaired) electrons. The molecule has 1 fully saturated rings. The second-order valence-corrected chi connectivity index (χ2v) is 7.06. The number of fused-ring (bicyclic) bond motifs is 1. The van der Waals surface area contributed by atoms with Gasteiger partial charge in [0, 0.05) is 43.9 Å². The van der Waals surface area contributed by atoms with Crippen molar-refractivity contribution in [2.24, 2.45) is 0 Å². The highest BCUT2D eigenvalue weighted by atomic mass is 35.5. The van der Waals surface area contributed by atoms with E-state index in [-0.39, 0.29) is 5.91 Å². The van der Waals surface area contributed by atoms with Crippen molar-refractivity contribution in [3.63, 3.8) is 0 Å². The Kier molecular flexibility index (Phi) is 5.01. The van der Waals surface area contributed by atoms with Crippen LogP contribution in [0.2, 0.25) is 5.02 Å². The van der Waals surface area contributed by atoms with E-state index in [0.717, 1.165) is 30.8 Å². The van der Waals surface area contributed by atoms with Crippen LogP contribution in [-0.2, 0) is 6.54 Å². The number of pyridine rings is 1. The Morgan fingerprint density at radius 3 is 2.70 bits per heavy atom. The lowest BCUT2D eigenvalue weighted by Crippen LogP contribution is -2.48. The summed E-state index contributed by atoms with van der Waals surface area (Å²) in [7, 11) is 1.56. The number of rotatable bonds is 4. The van der Waals surface area contributed by atoms with Crippen LogP contribution >= 0.6 is 11.6 Å². The van der Waals surface area contributed by atoms with Crippen LogP contribution < -0.4 is 4.74 Å². The molecule has 140 valence electrons. The predicted molar refractivity (Wildman–Crippen MR) is 104 cm³/mol. The number of ether oxygens (including phenoxy) is 1. The Morgan fingerprint density at radius 2 is 1.96 bits per heavy atom. The van der Waals surface area contributed by atoms with E-state index in [0.29, 0.717) is 29.4 Å². The van der Waals surface area contributed by atoms with E-state index in [2.05, 4.69) is 16.1 Å². The summed E-state index contributed by atoms with van der Waals surface area (Å²) in [6, 6.07) is 13.3. The van der Waals surface area contributed by atoms with Crippen molar-refractivity contribution in [1.82, 2.24) is 19.4 Å². The normalized spacial score (nSPS) is 15.3. The summed E-state index contributed by atoms with van der Waals surface area (Å²) in [5.74, 6) is 0.512. The monoisotopic (exact) mass is 384 g/mol.